The summed E-state index contributed by atoms with van der Waals surface area (Å²) in [6.45, 7) is 1.64. The summed E-state index contributed by atoms with van der Waals surface area (Å²) in [5, 5.41) is 9.07. The quantitative estimate of drug-likeness (QED) is 0.720. The van der Waals surface area contributed by atoms with Crippen molar-refractivity contribution in [3.8, 4) is 0 Å². The van der Waals surface area contributed by atoms with E-state index in [1.807, 2.05) is 4.90 Å². The van der Waals surface area contributed by atoms with Gasteiger partial charge in [0, 0.05) is 25.6 Å². The van der Waals surface area contributed by atoms with Crippen LogP contribution in [0.3, 0.4) is 0 Å². The van der Waals surface area contributed by atoms with Gasteiger partial charge < -0.3 is 15.7 Å². The molecular weight excluding hydrogens is 204 g/mol. The molecule has 4 heteroatoms. The third-order valence-corrected chi connectivity index (χ3v) is 4.00. The van der Waals surface area contributed by atoms with Crippen LogP contribution in [-0.2, 0) is 4.79 Å². The molecule has 2 rings (SSSR count). The van der Waals surface area contributed by atoms with Crippen molar-refractivity contribution in [1.82, 2.24) is 4.90 Å². The molecule has 3 N–H and O–H groups in total. The van der Waals surface area contributed by atoms with Crippen molar-refractivity contribution < 1.29 is 9.90 Å². The van der Waals surface area contributed by atoms with Crippen molar-refractivity contribution in [1.29, 1.82) is 0 Å². The molecule has 0 radical (unpaired) electrons. The largest absolute Gasteiger partial charge is 0.396 e. The maximum absolute atomic E-state index is 12.3. The van der Waals surface area contributed by atoms with Crippen LogP contribution in [0.5, 0.6) is 0 Å². The van der Waals surface area contributed by atoms with Crippen LogP contribution in [-0.4, -0.2) is 41.1 Å². The van der Waals surface area contributed by atoms with Gasteiger partial charge in [0.05, 0.1) is 5.54 Å². The molecule has 4 nitrogen and oxygen atoms in total. The van der Waals surface area contributed by atoms with Gasteiger partial charge in [0.15, 0.2) is 0 Å². The van der Waals surface area contributed by atoms with Crippen molar-refractivity contribution in [2.75, 3.05) is 19.7 Å². The van der Waals surface area contributed by atoms with Crippen molar-refractivity contribution in [3.05, 3.63) is 0 Å². The number of hydrogen-bond donors (Lipinski definition) is 2. The van der Waals surface area contributed by atoms with E-state index in [1.54, 1.807) is 0 Å². The first-order valence-electron chi connectivity index (χ1n) is 6.35. The molecule has 0 aromatic rings. The van der Waals surface area contributed by atoms with Gasteiger partial charge in [-0.25, -0.2) is 0 Å². The van der Waals surface area contributed by atoms with E-state index in [4.69, 9.17) is 10.8 Å². The number of rotatable bonds is 2. The number of hydrogen-bond acceptors (Lipinski definition) is 3. The predicted molar refractivity (Wildman–Crippen MR) is 61.8 cm³/mol. The molecule has 92 valence electrons. The Morgan fingerprint density at radius 3 is 2.62 bits per heavy atom. The summed E-state index contributed by atoms with van der Waals surface area (Å²) in [7, 11) is 0. The first-order chi connectivity index (χ1) is 7.65. The van der Waals surface area contributed by atoms with Crippen LogP contribution >= 0.6 is 0 Å². The Bertz CT molecular complexity index is 262. The molecule has 1 aliphatic heterocycles. The fraction of sp³-hybridized carbons (Fsp3) is 0.917. The lowest BCUT2D eigenvalue weighted by molar-refractivity contribution is -0.137. The topological polar surface area (TPSA) is 66.6 Å². The van der Waals surface area contributed by atoms with Crippen LogP contribution in [0.15, 0.2) is 0 Å². The van der Waals surface area contributed by atoms with E-state index in [-0.39, 0.29) is 18.4 Å². The lowest BCUT2D eigenvalue weighted by Gasteiger charge is -2.35. The minimum absolute atomic E-state index is 0.114. The molecule has 0 bridgehead atoms. The van der Waals surface area contributed by atoms with Gasteiger partial charge in [0.1, 0.15) is 0 Å². The van der Waals surface area contributed by atoms with Crippen molar-refractivity contribution in [2.45, 2.75) is 44.1 Å². The molecule has 2 aliphatic rings. The average molecular weight is 226 g/mol. The number of nitrogens with two attached hydrogens (primary N) is 1. The molecule has 1 heterocycles. The number of aliphatic hydroxyl groups excluding tert-OH is 1. The molecule has 16 heavy (non-hydrogen) atoms. The molecular formula is C12H22N2O2. The maximum atomic E-state index is 12.3. The summed E-state index contributed by atoms with van der Waals surface area (Å²) in [6.07, 6.45) is 5.90. The Hall–Kier alpha value is -0.610. The standard InChI is InChI=1S/C12H22N2O2/c13-12(5-2-1-3-6-12)11(16)14-7-4-10(8-14)9-15/h10,15H,1-9,13H2. The van der Waals surface area contributed by atoms with Crippen LogP contribution < -0.4 is 5.73 Å². The highest BCUT2D eigenvalue weighted by atomic mass is 16.3. The van der Waals surface area contributed by atoms with Crippen LogP contribution in [0.4, 0.5) is 0 Å². The molecule has 0 aromatic carbocycles. The maximum Gasteiger partial charge on any atom is 0.242 e. The first kappa shape index (κ1) is 11.9. The van der Waals surface area contributed by atoms with Gasteiger partial charge in [-0.15, -0.1) is 0 Å². The van der Waals surface area contributed by atoms with E-state index >= 15 is 0 Å². The van der Waals surface area contributed by atoms with Crippen LogP contribution in [0.2, 0.25) is 0 Å². The Balaban J connectivity index is 1.96. The van der Waals surface area contributed by atoms with Gasteiger partial charge >= 0.3 is 0 Å². The number of amides is 1. The summed E-state index contributed by atoms with van der Waals surface area (Å²) >= 11 is 0. The molecule has 0 spiro atoms. The molecule has 1 unspecified atom stereocenters. The summed E-state index contributed by atoms with van der Waals surface area (Å²) in [5.41, 5.74) is 5.61. The zero-order chi connectivity index (χ0) is 11.6. The minimum Gasteiger partial charge on any atom is -0.396 e. The first-order valence-corrected chi connectivity index (χ1v) is 6.35. The number of aliphatic hydroxyl groups is 1. The fourth-order valence-corrected chi connectivity index (χ4v) is 2.88. The normalized spacial score (nSPS) is 29.4. The highest BCUT2D eigenvalue weighted by Gasteiger charge is 2.40. The second-order valence-corrected chi connectivity index (χ2v) is 5.31. The zero-order valence-electron chi connectivity index (χ0n) is 9.82. The van der Waals surface area contributed by atoms with Crippen LogP contribution in [0.1, 0.15) is 38.5 Å². The number of nitrogens with zero attached hydrogens (tertiary/aromatic N) is 1. The Morgan fingerprint density at radius 2 is 2.06 bits per heavy atom. The Kier molecular flexibility index (Phi) is 3.50. The van der Waals surface area contributed by atoms with Gasteiger partial charge in [-0.1, -0.05) is 19.3 Å². The van der Waals surface area contributed by atoms with Gasteiger partial charge in [0.25, 0.3) is 0 Å². The molecule has 2 fully saturated rings. The van der Waals surface area contributed by atoms with Gasteiger partial charge in [-0.2, -0.15) is 0 Å². The molecule has 1 saturated heterocycles. The highest BCUT2D eigenvalue weighted by molar-refractivity contribution is 5.86. The van der Waals surface area contributed by atoms with Gasteiger partial charge in [-0.05, 0) is 19.3 Å². The monoisotopic (exact) mass is 226 g/mol. The lowest BCUT2D eigenvalue weighted by atomic mass is 9.81. The summed E-state index contributed by atoms with van der Waals surface area (Å²) in [6, 6.07) is 0. The van der Waals surface area contributed by atoms with E-state index in [2.05, 4.69) is 0 Å². The third kappa shape index (κ3) is 2.23. The SMILES string of the molecule is NC1(C(=O)N2CCC(CO)C2)CCCCC1. The zero-order valence-corrected chi connectivity index (χ0v) is 9.82. The molecule has 1 amide bonds. The van der Waals surface area contributed by atoms with Crippen molar-refractivity contribution >= 4 is 5.91 Å². The van der Waals surface area contributed by atoms with E-state index in [1.165, 1.54) is 6.42 Å². The molecule has 1 aliphatic carbocycles. The minimum atomic E-state index is -0.609. The van der Waals surface area contributed by atoms with E-state index < -0.39 is 5.54 Å². The van der Waals surface area contributed by atoms with E-state index in [0.29, 0.717) is 6.54 Å². The Labute approximate surface area is 96.8 Å². The second-order valence-electron chi connectivity index (χ2n) is 5.31. The van der Waals surface area contributed by atoms with E-state index in [0.717, 1.165) is 38.6 Å². The van der Waals surface area contributed by atoms with Crippen molar-refractivity contribution in [2.24, 2.45) is 11.7 Å². The number of carbonyl (C=O) groups excluding carboxylic acids is 1. The highest BCUT2D eigenvalue weighted by Crippen LogP contribution is 2.29. The molecule has 0 aromatic heterocycles. The average Bonchev–Trinajstić information content (AvgIpc) is 2.77. The molecule has 1 atom stereocenters. The van der Waals surface area contributed by atoms with Gasteiger partial charge in [0.2, 0.25) is 5.91 Å². The summed E-state index contributed by atoms with van der Waals surface area (Å²) in [5.74, 6) is 0.374. The van der Waals surface area contributed by atoms with Crippen LogP contribution in [0.25, 0.3) is 0 Å². The smallest absolute Gasteiger partial charge is 0.242 e. The molecule has 1 saturated carbocycles. The lowest BCUT2D eigenvalue weighted by Crippen LogP contribution is -2.55. The predicted octanol–water partition coefficient (Wildman–Crippen LogP) is 0.489. The second kappa shape index (κ2) is 4.72. The number of carbonyl (C=O) groups is 1. The third-order valence-electron chi connectivity index (χ3n) is 4.00. The summed E-state index contributed by atoms with van der Waals surface area (Å²) < 4.78 is 0. The summed E-state index contributed by atoms with van der Waals surface area (Å²) in [4.78, 5) is 14.2. The fourth-order valence-electron chi connectivity index (χ4n) is 2.88. The number of likely N-dealkylation sites (tertiary alicyclic amines) is 1. The Morgan fingerprint density at radius 1 is 1.38 bits per heavy atom. The van der Waals surface area contributed by atoms with Gasteiger partial charge in [-0.3, -0.25) is 4.79 Å². The van der Waals surface area contributed by atoms with Crippen molar-refractivity contribution in [3.63, 3.8) is 0 Å². The van der Waals surface area contributed by atoms with E-state index in [9.17, 15) is 4.79 Å². The van der Waals surface area contributed by atoms with Crippen LogP contribution in [0, 0.1) is 5.92 Å².